The third-order valence-corrected chi connectivity index (χ3v) is 4.25. The molecule has 0 spiro atoms. The normalized spacial score (nSPS) is 10.9. The van der Waals surface area contributed by atoms with Crippen LogP contribution >= 0.6 is 0 Å². The zero-order valence-electron chi connectivity index (χ0n) is 16.4. The Bertz CT molecular complexity index is 1040. The summed E-state index contributed by atoms with van der Waals surface area (Å²) in [6.45, 7) is 0.375. The number of methoxy groups -OCH3 is 1. The average Bonchev–Trinajstić information content (AvgIpc) is 2.78. The molecule has 6 nitrogen and oxygen atoms in total. The van der Waals surface area contributed by atoms with E-state index >= 15 is 0 Å². The van der Waals surface area contributed by atoms with E-state index in [4.69, 9.17) is 9.47 Å². The third-order valence-electron chi connectivity index (χ3n) is 4.25. The predicted octanol–water partition coefficient (Wildman–Crippen LogP) is 4.13. The largest absolute Gasteiger partial charge is 0.497 e. The van der Waals surface area contributed by atoms with Gasteiger partial charge in [0, 0.05) is 5.56 Å². The van der Waals surface area contributed by atoms with Crippen LogP contribution in [0.15, 0.2) is 84.6 Å². The van der Waals surface area contributed by atoms with E-state index < -0.39 is 11.9 Å². The average molecular weight is 403 g/mol. The molecule has 0 fully saturated rings. The molecule has 0 atom stereocenters. The van der Waals surface area contributed by atoms with Crippen molar-refractivity contribution in [3.63, 3.8) is 0 Å². The molecule has 0 bridgehead atoms. The molecule has 2 N–H and O–H groups in total. The lowest BCUT2D eigenvalue weighted by Crippen LogP contribution is -2.27. The van der Waals surface area contributed by atoms with Crippen LogP contribution in [0.25, 0.3) is 6.08 Å². The number of hydrogen-bond acceptors (Lipinski definition) is 4. The number of ether oxygens (including phenoxy) is 2. The first-order valence-electron chi connectivity index (χ1n) is 9.22. The second-order valence-electron chi connectivity index (χ2n) is 6.39. The predicted molar refractivity (Wildman–Crippen MR) is 113 cm³/mol. The highest BCUT2D eigenvalue weighted by molar-refractivity contribution is 6.02. The van der Waals surface area contributed by atoms with Crippen LogP contribution in [0.3, 0.4) is 0 Å². The molecule has 0 saturated carbocycles. The Hall–Kier alpha value is -4.06. The Morgan fingerprint density at radius 3 is 2.33 bits per heavy atom. The van der Waals surface area contributed by atoms with E-state index in [1.54, 1.807) is 61.7 Å². The summed E-state index contributed by atoms with van der Waals surface area (Å²) in [4.78, 5) is 23.8. The Balaban J connectivity index is 1.66. The van der Waals surface area contributed by atoms with Crippen molar-refractivity contribution in [2.45, 2.75) is 6.61 Å². The smallest absolute Gasteiger partial charge is 0.352 e. The van der Waals surface area contributed by atoms with Crippen molar-refractivity contribution in [3.8, 4) is 11.5 Å². The van der Waals surface area contributed by atoms with Gasteiger partial charge in [0.05, 0.1) is 7.11 Å². The molecule has 3 aromatic rings. The van der Waals surface area contributed by atoms with Gasteiger partial charge >= 0.3 is 5.97 Å². The van der Waals surface area contributed by atoms with Crippen LogP contribution in [-0.2, 0) is 11.4 Å². The number of amides is 1. The minimum atomic E-state index is -1.22. The topological polar surface area (TPSA) is 84.9 Å². The molecule has 3 rings (SSSR count). The molecule has 0 aliphatic heterocycles. The van der Waals surface area contributed by atoms with Gasteiger partial charge in [-0.1, -0.05) is 42.5 Å². The minimum Gasteiger partial charge on any atom is -0.497 e. The van der Waals surface area contributed by atoms with Gasteiger partial charge in [-0.25, -0.2) is 4.79 Å². The molecule has 0 radical (unpaired) electrons. The third kappa shape index (κ3) is 5.72. The van der Waals surface area contributed by atoms with Gasteiger partial charge in [-0.2, -0.15) is 0 Å². The Morgan fingerprint density at radius 2 is 1.67 bits per heavy atom. The fourth-order valence-corrected chi connectivity index (χ4v) is 2.69. The maximum Gasteiger partial charge on any atom is 0.352 e. The highest BCUT2D eigenvalue weighted by Crippen LogP contribution is 2.18. The number of nitrogens with one attached hydrogen (secondary N) is 1. The van der Waals surface area contributed by atoms with Crippen LogP contribution in [-0.4, -0.2) is 24.1 Å². The summed E-state index contributed by atoms with van der Waals surface area (Å²) in [5.74, 6) is -0.310. The number of rotatable bonds is 8. The van der Waals surface area contributed by atoms with Crippen LogP contribution in [0, 0.1) is 0 Å². The molecule has 0 aliphatic carbocycles. The lowest BCUT2D eigenvalue weighted by atomic mass is 10.1. The first-order chi connectivity index (χ1) is 14.5. The summed E-state index contributed by atoms with van der Waals surface area (Å²) in [5.41, 5.74) is 1.75. The molecule has 0 saturated heterocycles. The molecule has 1 amide bonds. The molecule has 0 aliphatic rings. The van der Waals surface area contributed by atoms with Gasteiger partial charge in [0.1, 0.15) is 23.8 Å². The van der Waals surface area contributed by atoms with Gasteiger partial charge in [0.15, 0.2) is 0 Å². The van der Waals surface area contributed by atoms with Crippen molar-refractivity contribution in [2.75, 3.05) is 7.11 Å². The second kappa shape index (κ2) is 9.93. The van der Waals surface area contributed by atoms with Crippen molar-refractivity contribution in [1.29, 1.82) is 0 Å². The number of carboxylic acid groups (broad SMARTS) is 1. The zero-order chi connectivity index (χ0) is 21.3. The summed E-state index contributed by atoms with van der Waals surface area (Å²) in [6, 6.07) is 22.9. The maximum absolute atomic E-state index is 12.2. The number of carbonyl (C=O) groups is 2. The molecule has 3 aromatic carbocycles. The molecule has 6 heteroatoms. The Kier molecular flexibility index (Phi) is 6.84. The fourth-order valence-electron chi connectivity index (χ4n) is 2.69. The summed E-state index contributed by atoms with van der Waals surface area (Å²) >= 11 is 0. The molecule has 30 heavy (non-hydrogen) atoms. The number of carboxylic acids is 1. The second-order valence-corrected chi connectivity index (χ2v) is 6.39. The Morgan fingerprint density at radius 1 is 0.933 bits per heavy atom. The fraction of sp³-hybridized carbons (Fsp3) is 0.0833. The number of carbonyl (C=O) groups excluding carboxylic acids is 1. The van der Waals surface area contributed by atoms with E-state index in [2.05, 4.69) is 5.32 Å². The lowest BCUT2D eigenvalue weighted by Gasteiger charge is -2.09. The molecule has 0 unspecified atom stereocenters. The van der Waals surface area contributed by atoms with Gasteiger partial charge in [0.2, 0.25) is 0 Å². The van der Waals surface area contributed by atoms with E-state index in [0.29, 0.717) is 23.5 Å². The first kappa shape index (κ1) is 20.7. The van der Waals surface area contributed by atoms with Crippen LogP contribution in [0.5, 0.6) is 11.5 Å². The van der Waals surface area contributed by atoms with E-state index in [9.17, 15) is 14.7 Å². The number of benzene rings is 3. The number of hydrogen-bond donors (Lipinski definition) is 2. The van der Waals surface area contributed by atoms with Crippen LogP contribution < -0.4 is 14.8 Å². The zero-order valence-corrected chi connectivity index (χ0v) is 16.4. The van der Waals surface area contributed by atoms with E-state index in [1.807, 2.05) is 24.3 Å². The first-order valence-corrected chi connectivity index (χ1v) is 9.22. The molecule has 152 valence electrons. The van der Waals surface area contributed by atoms with Crippen LogP contribution in [0.1, 0.15) is 21.5 Å². The Labute approximate surface area is 174 Å². The van der Waals surface area contributed by atoms with Gasteiger partial charge < -0.3 is 19.9 Å². The lowest BCUT2D eigenvalue weighted by molar-refractivity contribution is -0.132. The van der Waals surface area contributed by atoms with E-state index in [1.165, 1.54) is 6.08 Å². The molecular weight excluding hydrogens is 382 g/mol. The highest BCUT2D eigenvalue weighted by atomic mass is 16.5. The van der Waals surface area contributed by atoms with Crippen molar-refractivity contribution in [1.82, 2.24) is 5.32 Å². The number of aliphatic carboxylic acids is 1. The summed E-state index contributed by atoms with van der Waals surface area (Å²) in [5, 5.41) is 11.9. The minimum absolute atomic E-state index is 0.214. The summed E-state index contributed by atoms with van der Waals surface area (Å²) < 4.78 is 11.0. The van der Waals surface area contributed by atoms with Gasteiger partial charge in [-0.05, 0) is 53.6 Å². The van der Waals surface area contributed by atoms with Crippen LogP contribution in [0.4, 0.5) is 0 Å². The van der Waals surface area contributed by atoms with E-state index in [0.717, 1.165) is 11.3 Å². The highest BCUT2D eigenvalue weighted by Gasteiger charge is 2.13. The molecular formula is C24H21NO5. The van der Waals surface area contributed by atoms with Crippen molar-refractivity contribution < 1.29 is 24.2 Å². The van der Waals surface area contributed by atoms with Gasteiger partial charge in [-0.15, -0.1) is 0 Å². The quantitative estimate of drug-likeness (QED) is 0.553. The van der Waals surface area contributed by atoms with Crippen LogP contribution in [0.2, 0.25) is 0 Å². The maximum atomic E-state index is 12.2. The monoisotopic (exact) mass is 403 g/mol. The van der Waals surface area contributed by atoms with E-state index in [-0.39, 0.29) is 5.70 Å². The molecule has 0 aromatic heterocycles. The molecule has 0 heterocycles. The van der Waals surface area contributed by atoms with Gasteiger partial charge in [-0.3, -0.25) is 4.79 Å². The van der Waals surface area contributed by atoms with Gasteiger partial charge in [0.25, 0.3) is 5.91 Å². The van der Waals surface area contributed by atoms with Crippen molar-refractivity contribution in [3.05, 3.63) is 101 Å². The SMILES string of the molecule is COc1cccc(COc2ccc(C=C(NC(=O)c3ccccc3)C(=O)O)cc2)c1. The van der Waals surface area contributed by atoms with Crippen molar-refractivity contribution >= 4 is 18.0 Å². The summed E-state index contributed by atoms with van der Waals surface area (Å²) in [6.07, 6.45) is 1.40. The standard InChI is InChI=1S/C24H21NO5/c1-29-21-9-5-6-18(14-21)16-30-20-12-10-17(11-13-20)15-22(24(27)28)25-23(26)19-7-3-2-4-8-19/h2-15H,16H2,1H3,(H,25,26)(H,27,28). The summed E-state index contributed by atoms with van der Waals surface area (Å²) in [7, 11) is 1.61. The van der Waals surface area contributed by atoms with Crippen molar-refractivity contribution in [2.24, 2.45) is 0 Å².